The number of carbonyl (C=O) groups excluding carboxylic acids is 1. The lowest BCUT2D eigenvalue weighted by molar-refractivity contribution is -0.135. The molecular weight excluding hydrogens is 264 g/mol. The predicted octanol–water partition coefficient (Wildman–Crippen LogP) is 4.57. The molecule has 2 aromatic rings. The van der Waals surface area contributed by atoms with Gasteiger partial charge in [-0.15, -0.1) is 22.7 Å². The molecule has 92 valence electrons. The van der Waals surface area contributed by atoms with E-state index >= 15 is 0 Å². The summed E-state index contributed by atoms with van der Waals surface area (Å²) in [5.74, 6) is -0.311. The summed E-state index contributed by atoms with van der Waals surface area (Å²) in [5, 5.41) is 4.15. The summed E-state index contributed by atoms with van der Waals surface area (Å²) in [6.45, 7) is 1.38. The highest BCUT2D eigenvalue weighted by Gasteiger charge is 2.04. The van der Waals surface area contributed by atoms with Crippen LogP contribution in [0.4, 0.5) is 0 Å². The first-order valence-corrected chi connectivity index (χ1v) is 7.15. The van der Waals surface area contributed by atoms with Gasteiger partial charge in [0.05, 0.1) is 11.1 Å². The Kier molecular flexibility index (Phi) is 4.50. The lowest BCUT2D eigenvalue weighted by Crippen LogP contribution is -1.88. The molecule has 0 radical (unpaired) electrons. The Hall–Kier alpha value is -1.65. The third-order valence-corrected chi connectivity index (χ3v) is 4.12. The van der Waals surface area contributed by atoms with E-state index < -0.39 is 0 Å². The summed E-state index contributed by atoms with van der Waals surface area (Å²) < 4.78 is 4.70. The highest BCUT2D eigenvalue weighted by molar-refractivity contribution is 7.20. The van der Waals surface area contributed by atoms with Crippen LogP contribution in [0.2, 0.25) is 0 Å². The Morgan fingerprint density at radius 3 is 2.83 bits per heavy atom. The minimum atomic E-state index is -0.311. The van der Waals surface area contributed by atoms with Crippen molar-refractivity contribution in [2.24, 2.45) is 0 Å². The molecule has 0 aliphatic rings. The molecule has 0 atom stereocenters. The summed E-state index contributed by atoms with van der Waals surface area (Å²) in [6.07, 6.45) is 6.96. The predicted molar refractivity (Wildman–Crippen MR) is 77.6 cm³/mol. The van der Waals surface area contributed by atoms with Crippen molar-refractivity contribution in [1.29, 1.82) is 0 Å². The van der Waals surface area contributed by atoms with Crippen LogP contribution < -0.4 is 0 Å². The average Bonchev–Trinajstić information content (AvgIpc) is 2.97. The summed E-state index contributed by atoms with van der Waals surface area (Å²) in [7, 11) is 0. The fraction of sp³-hybridized carbons (Fsp3) is 0.0714. The van der Waals surface area contributed by atoms with E-state index in [0.29, 0.717) is 0 Å². The maximum atomic E-state index is 10.6. The average molecular weight is 276 g/mol. The highest BCUT2D eigenvalue weighted by atomic mass is 32.1. The molecule has 0 aromatic carbocycles. The third kappa shape index (κ3) is 3.42. The van der Waals surface area contributed by atoms with E-state index in [0.717, 1.165) is 0 Å². The molecule has 0 bridgehead atoms. The zero-order valence-electron chi connectivity index (χ0n) is 9.83. The smallest absolute Gasteiger partial charge is 0.307 e. The second-order valence-electron chi connectivity index (χ2n) is 3.48. The van der Waals surface area contributed by atoms with Crippen LogP contribution in [0.5, 0.6) is 0 Å². The summed E-state index contributed by atoms with van der Waals surface area (Å²) in [6, 6.07) is 6.24. The van der Waals surface area contributed by atoms with Crippen molar-refractivity contribution in [2.45, 2.75) is 6.92 Å². The van der Waals surface area contributed by atoms with Gasteiger partial charge in [0.2, 0.25) is 0 Å². The summed E-state index contributed by atoms with van der Waals surface area (Å²) in [4.78, 5) is 13.1. The van der Waals surface area contributed by atoms with Crippen LogP contribution in [-0.4, -0.2) is 5.97 Å². The van der Waals surface area contributed by atoms with Crippen molar-refractivity contribution >= 4 is 34.7 Å². The maximum Gasteiger partial charge on any atom is 0.307 e. The standard InChI is InChI=1S/C14H12O2S2/c1-11(15)16-8-3-2-5-12-7-10-18-14(12)13-6-4-9-17-13/h2-10H,1H3. The Labute approximate surface area is 114 Å². The van der Waals surface area contributed by atoms with Crippen molar-refractivity contribution in [2.75, 3.05) is 0 Å². The molecule has 0 saturated heterocycles. The Bertz CT molecular complexity index is 562. The molecule has 0 N–H and O–H groups in total. The van der Waals surface area contributed by atoms with Gasteiger partial charge in [-0.3, -0.25) is 4.79 Å². The quantitative estimate of drug-likeness (QED) is 0.464. The number of hydrogen-bond donors (Lipinski definition) is 0. The lowest BCUT2D eigenvalue weighted by Gasteiger charge is -1.94. The van der Waals surface area contributed by atoms with Gasteiger partial charge in [0.15, 0.2) is 0 Å². The van der Waals surface area contributed by atoms with Crippen molar-refractivity contribution in [3.05, 3.63) is 52.9 Å². The fourth-order valence-electron chi connectivity index (χ4n) is 1.40. The first kappa shape index (κ1) is 12.8. The van der Waals surface area contributed by atoms with E-state index in [1.54, 1.807) is 28.7 Å². The number of rotatable bonds is 4. The van der Waals surface area contributed by atoms with Gasteiger partial charge >= 0.3 is 5.97 Å². The van der Waals surface area contributed by atoms with Gasteiger partial charge in [0.25, 0.3) is 0 Å². The normalized spacial score (nSPS) is 11.4. The molecule has 4 heteroatoms. The van der Waals surface area contributed by atoms with Gasteiger partial charge in [-0.05, 0) is 34.5 Å². The maximum absolute atomic E-state index is 10.6. The van der Waals surface area contributed by atoms with Gasteiger partial charge in [-0.25, -0.2) is 0 Å². The molecule has 2 nitrogen and oxygen atoms in total. The lowest BCUT2D eigenvalue weighted by atomic mass is 10.2. The van der Waals surface area contributed by atoms with Gasteiger partial charge in [-0.2, -0.15) is 0 Å². The van der Waals surface area contributed by atoms with Gasteiger partial charge < -0.3 is 4.74 Å². The van der Waals surface area contributed by atoms with E-state index in [2.05, 4.69) is 22.9 Å². The minimum absolute atomic E-state index is 0.311. The highest BCUT2D eigenvalue weighted by Crippen LogP contribution is 2.33. The van der Waals surface area contributed by atoms with Gasteiger partial charge in [0, 0.05) is 11.8 Å². The summed E-state index contributed by atoms with van der Waals surface area (Å²) in [5.41, 5.74) is 1.18. The first-order valence-electron chi connectivity index (χ1n) is 5.39. The molecule has 0 aliphatic carbocycles. The van der Waals surface area contributed by atoms with E-state index in [-0.39, 0.29) is 5.97 Å². The van der Waals surface area contributed by atoms with E-state index in [1.165, 1.54) is 28.5 Å². The first-order chi connectivity index (χ1) is 8.77. The van der Waals surface area contributed by atoms with E-state index in [4.69, 9.17) is 4.74 Å². The molecule has 0 amide bonds. The van der Waals surface area contributed by atoms with Crippen LogP contribution in [-0.2, 0) is 9.53 Å². The van der Waals surface area contributed by atoms with Crippen LogP contribution >= 0.6 is 22.7 Å². The third-order valence-electron chi connectivity index (χ3n) is 2.14. The Morgan fingerprint density at radius 1 is 1.22 bits per heavy atom. The zero-order valence-corrected chi connectivity index (χ0v) is 11.5. The van der Waals surface area contributed by atoms with Crippen molar-refractivity contribution in [1.82, 2.24) is 0 Å². The topological polar surface area (TPSA) is 26.3 Å². The number of allylic oxidation sites excluding steroid dienone is 2. The van der Waals surface area contributed by atoms with Gasteiger partial charge in [-0.1, -0.05) is 18.2 Å². The molecule has 0 unspecified atom stereocenters. The molecular formula is C14H12O2S2. The van der Waals surface area contributed by atoms with Crippen LogP contribution in [0.25, 0.3) is 15.8 Å². The molecule has 0 aliphatic heterocycles. The van der Waals surface area contributed by atoms with Crippen LogP contribution in [0, 0.1) is 0 Å². The minimum Gasteiger partial charge on any atom is -0.435 e. The van der Waals surface area contributed by atoms with E-state index in [1.807, 2.05) is 18.2 Å². The van der Waals surface area contributed by atoms with Gasteiger partial charge in [0.1, 0.15) is 0 Å². The second-order valence-corrected chi connectivity index (χ2v) is 5.34. The molecule has 2 rings (SSSR count). The van der Waals surface area contributed by atoms with Crippen molar-refractivity contribution < 1.29 is 9.53 Å². The van der Waals surface area contributed by atoms with E-state index in [9.17, 15) is 4.79 Å². The molecule has 0 spiro atoms. The number of ether oxygens (including phenoxy) is 1. The molecule has 2 aromatic heterocycles. The fourth-order valence-corrected chi connectivity index (χ4v) is 3.18. The Balaban J connectivity index is 2.07. The number of carbonyl (C=O) groups is 1. The largest absolute Gasteiger partial charge is 0.435 e. The van der Waals surface area contributed by atoms with Crippen LogP contribution in [0.3, 0.4) is 0 Å². The molecule has 0 fully saturated rings. The molecule has 2 heterocycles. The SMILES string of the molecule is CC(=O)OC=CC=Cc1ccsc1-c1cccs1. The monoisotopic (exact) mass is 276 g/mol. The van der Waals surface area contributed by atoms with Crippen molar-refractivity contribution in [3.8, 4) is 9.75 Å². The number of esters is 1. The second kappa shape index (κ2) is 6.33. The number of thiophene rings is 2. The summed E-state index contributed by atoms with van der Waals surface area (Å²) >= 11 is 3.46. The van der Waals surface area contributed by atoms with Crippen LogP contribution in [0.15, 0.2) is 47.4 Å². The number of hydrogen-bond acceptors (Lipinski definition) is 4. The molecule has 0 saturated carbocycles. The Morgan fingerprint density at radius 2 is 2.11 bits per heavy atom. The molecule has 18 heavy (non-hydrogen) atoms. The van der Waals surface area contributed by atoms with Crippen molar-refractivity contribution in [3.63, 3.8) is 0 Å². The van der Waals surface area contributed by atoms with Crippen LogP contribution in [0.1, 0.15) is 12.5 Å². The zero-order chi connectivity index (χ0) is 12.8.